The summed E-state index contributed by atoms with van der Waals surface area (Å²) in [5.41, 5.74) is 1.22. The standard InChI is InChI=1S/C16H30N6S/c1-16(2)12-22(7-8-23-16)15(17-3)18-10-14(20(4)5)13-9-19-21(6)11-13/h9,11,14H,7-8,10,12H2,1-6H3,(H,17,18). The van der Waals surface area contributed by atoms with E-state index in [0.29, 0.717) is 0 Å². The molecule has 1 aromatic rings. The summed E-state index contributed by atoms with van der Waals surface area (Å²) < 4.78 is 2.13. The lowest BCUT2D eigenvalue weighted by molar-refractivity contribution is 0.292. The highest BCUT2D eigenvalue weighted by Crippen LogP contribution is 2.29. The number of nitrogens with zero attached hydrogens (tertiary/aromatic N) is 5. The number of aryl methyl sites for hydroxylation is 1. The topological polar surface area (TPSA) is 48.7 Å². The number of likely N-dealkylation sites (N-methyl/N-ethyl adjacent to an activating group) is 1. The first-order chi connectivity index (χ1) is 10.8. The summed E-state index contributed by atoms with van der Waals surface area (Å²) in [6, 6.07) is 0.271. The van der Waals surface area contributed by atoms with Crippen LogP contribution >= 0.6 is 11.8 Å². The van der Waals surface area contributed by atoms with Crippen LogP contribution in [0, 0.1) is 0 Å². The quantitative estimate of drug-likeness (QED) is 0.665. The lowest BCUT2D eigenvalue weighted by Gasteiger charge is -2.39. The van der Waals surface area contributed by atoms with Gasteiger partial charge in [-0.05, 0) is 27.9 Å². The maximum atomic E-state index is 4.49. The largest absolute Gasteiger partial charge is 0.354 e. The number of nitrogens with one attached hydrogen (secondary N) is 1. The van der Waals surface area contributed by atoms with E-state index in [1.54, 1.807) is 0 Å². The fourth-order valence-electron chi connectivity index (χ4n) is 2.93. The van der Waals surface area contributed by atoms with Gasteiger partial charge in [0.2, 0.25) is 0 Å². The Labute approximate surface area is 144 Å². The molecule has 6 nitrogen and oxygen atoms in total. The van der Waals surface area contributed by atoms with Crippen molar-refractivity contribution in [2.45, 2.75) is 24.6 Å². The lowest BCUT2D eigenvalue weighted by Crippen LogP contribution is -2.52. The average molecular weight is 339 g/mol. The van der Waals surface area contributed by atoms with E-state index in [4.69, 9.17) is 0 Å². The Hall–Kier alpha value is -1.21. The maximum absolute atomic E-state index is 4.49. The van der Waals surface area contributed by atoms with Gasteiger partial charge in [0.05, 0.1) is 12.2 Å². The number of aromatic nitrogens is 2. The van der Waals surface area contributed by atoms with E-state index in [0.717, 1.165) is 31.3 Å². The van der Waals surface area contributed by atoms with Gasteiger partial charge in [-0.1, -0.05) is 0 Å². The maximum Gasteiger partial charge on any atom is 0.193 e. The Kier molecular flexibility index (Phi) is 5.97. The van der Waals surface area contributed by atoms with Crippen LogP contribution in [0.2, 0.25) is 0 Å². The molecule has 0 amide bonds. The van der Waals surface area contributed by atoms with Crippen LogP contribution in [0.15, 0.2) is 17.4 Å². The Morgan fingerprint density at radius 1 is 1.52 bits per heavy atom. The molecular formula is C16H30N6S. The number of thioether (sulfide) groups is 1. The first-order valence-corrected chi connectivity index (χ1v) is 9.05. The van der Waals surface area contributed by atoms with Crippen molar-refractivity contribution in [3.8, 4) is 0 Å². The smallest absolute Gasteiger partial charge is 0.193 e. The van der Waals surface area contributed by atoms with E-state index in [2.05, 4.69) is 59.3 Å². The molecule has 1 atom stereocenters. The molecule has 1 aliphatic heterocycles. The van der Waals surface area contributed by atoms with Crippen LogP contribution in [0.5, 0.6) is 0 Å². The predicted molar refractivity (Wildman–Crippen MR) is 99.1 cm³/mol. The number of aliphatic imine (C=N–C) groups is 1. The van der Waals surface area contributed by atoms with E-state index in [1.807, 2.05) is 36.7 Å². The second kappa shape index (κ2) is 7.57. The van der Waals surface area contributed by atoms with E-state index in [1.165, 1.54) is 5.56 Å². The molecule has 130 valence electrons. The molecule has 0 saturated carbocycles. The Balaban J connectivity index is 2.01. The third-order valence-corrected chi connectivity index (χ3v) is 5.42. The van der Waals surface area contributed by atoms with Crippen molar-refractivity contribution in [1.82, 2.24) is 24.9 Å². The van der Waals surface area contributed by atoms with Crippen molar-refractivity contribution in [2.24, 2.45) is 12.0 Å². The minimum atomic E-state index is 0.271. The second-order valence-corrected chi connectivity index (χ2v) is 8.69. The summed E-state index contributed by atoms with van der Waals surface area (Å²) in [6.07, 6.45) is 4.02. The van der Waals surface area contributed by atoms with Gasteiger partial charge in [0, 0.05) is 56.0 Å². The molecule has 1 saturated heterocycles. The van der Waals surface area contributed by atoms with Crippen LogP contribution in [0.4, 0.5) is 0 Å². The minimum Gasteiger partial charge on any atom is -0.354 e. The number of hydrogen-bond donors (Lipinski definition) is 1. The molecular weight excluding hydrogens is 308 g/mol. The molecule has 1 N–H and O–H groups in total. The van der Waals surface area contributed by atoms with Gasteiger partial charge in [-0.2, -0.15) is 16.9 Å². The number of rotatable bonds is 4. The van der Waals surface area contributed by atoms with Crippen LogP contribution < -0.4 is 5.32 Å². The first kappa shape index (κ1) is 18.1. The zero-order valence-electron chi connectivity index (χ0n) is 15.2. The molecule has 2 heterocycles. The Bertz CT molecular complexity index is 536. The molecule has 0 spiro atoms. The fourth-order valence-corrected chi connectivity index (χ4v) is 4.04. The lowest BCUT2D eigenvalue weighted by atomic mass is 10.1. The van der Waals surface area contributed by atoms with Gasteiger partial charge in [-0.3, -0.25) is 9.67 Å². The second-order valence-electron chi connectivity index (χ2n) is 6.88. The first-order valence-electron chi connectivity index (χ1n) is 8.07. The van der Waals surface area contributed by atoms with Crippen LogP contribution in [-0.2, 0) is 7.05 Å². The van der Waals surface area contributed by atoms with Crippen LogP contribution in [0.3, 0.4) is 0 Å². The molecule has 7 heteroatoms. The predicted octanol–water partition coefficient (Wildman–Crippen LogP) is 1.43. The summed E-state index contributed by atoms with van der Waals surface area (Å²) >= 11 is 2.04. The molecule has 0 bridgehead atoms. The Morgan fingerprint density at radius 2 is 2.26 bits per heavy atom. The summed E-state index contributed by atoms with van der Waals surface area (Å²) in [5, 5.41) is 7.85. The molecule has 1 aliphatic rings. The summed E-state index contributed by atoms with van der Waals surface area (Å²) in [4.78, 5) is 9.07. The number of guanidine groups is 1. The highest BCUT2D eigenvalue weighted by Gasteiger charge is 2.29. The van der Waals surface area contributed by atoms with E-state index >= 15 is 0 Å². The van der Waals surface area contributed by atoms with Gasteiger partial charge < -0.3 is 15.1 Å². The van der Waals surface area contributed by atoms with Gasteiger partial charge in [0.1, 0.15) is 0 Å². The SMILES string of the molecule is CN=C(NCC(c1cnn(C)c1)N(C)C)N1CCSC(C)(C)C1. The minimum absolute atomic E-state index is 0.271. The molecule has 0 radical (unpaired) electrons. The highest BCUT2D eigenvalue weighted by atomic mass is 32.2. The van der Waals surface area contributed by atoms with Gasteiger partial charge in [-0.25, -0.2) is 0 Å². The van der Waals surface area contributed by atoms with Gasteiger partial charge in [-0.15, -0.1) is 0 Å². The van der Waals surface area contributed by atoms with Crippen molar-refractivity contribution in [3.05, 3.63) is 18.0 Å². The van der Waals surface area contributed by atoms with Crippen LogP contribution in [0.25, 0.3) is 0 Å². The molecule has 1 aromatic heterocycles. The van der Waals surface area contributed by atoms with Crippen molar-refractivity contribution in [1.29, 1.82) is 0 Å². The van der Waals surface area contributed by atoms with Crippen LogP contribution in [0.1, 0.15) is 25.5 Å². The summed E-state index contributed by atoms with van der Waals surface area (Å²) in [6.45, 7) is 7.49. The normalized spacial score (nSPS) is 20.0. The van der Waals surface area contributed by atoms with Gasteiger partial charge in [0.15, 0.2) is 5.96 Å². The summed E-state index contributed by atoms with van der Waals surface area (Å²) in [7, 11) is 8.02. The highest BCUT2D eigenvalue weighted by molar-refractivity contribution is 8.00. The number of hydrogen-bond acceptors (Lipinski definition) is 4. The third-order valence-electron chi connectivity index (χ3n) is 4.12. The molecule has 23 heavy (non-hydrogen) atoms. The summed E-state index contributed by atoms with van der Waals surface area (Å²) in [5.74, 6) is 2.14. The van der Waals surface area contributed by atoms with Crippen molar-refractivity contribution < 1.29 is 0 Å². The van der Waals surface area contributed by atoms with E-state index in [9.17, 15) is 0 Å². The molecule has 1 fully saturated rings. The zero-order chi connectivity index (χ0) is 17.0. The van der Waals surface area contributed by atoms with Crippen molar-refractivity contribution in [3.63, 3.8) is 0 Å². The van der Waals surface area contributed by atoms with E-state index in [-0.39, 0.29) is 10.8 Å². The molecule has 2 rings (SSSR count). The van der Waals surface area contributed by atoms with Crippen LogP contribution in [-0.4, -0.2) is 76.8 Å². The molecule has 0 aromatic carbocycles. The molecule has 0 aliphatic carbocycles. The third kappa shape index (κ3) is 4.88. The Morgan fingerprint density at radius 3 is 2.78 bits per heavy atom. The van der Waals surface area contributed by atoms with Crippen molar-refractivity contribution in [2.75, 3.05) is 46.5 Å². The average Bonchev–Trinajstić information content (AvgIpc) is 2.88. The fraction of sp³-hybridized carbons (Fsp3) is 0.750. The van der Waals surface area contributed by atoms with Crippen molar-refractivity contribution >= 4 is 17.7 Å². The van der Waals surface area contributed by atoms with E-state index < -0.39 is 0 Å². The monoisotopic (exact) mass is 338 g/mol. The molecule has 1 unspecified atom stereocenters. The zero-order valence-corrected chi connectivity index (χ0v) is 16.0. The van der Waals surface area contributed by atoms with Gasteiger partial charge >= 0.3 is 0 Å². The van der Waals surface area contributed by atoms with Gasteiger partial charge in [0.25, 0.3) is 0 Å².